The van der Waals surface area contributed by atoms with Gasteiger partial charge < -0.3 is 5.32 Å². The fraction of sp³-hybridized carbons (Fsp3) is 0.176. The second-order valence-electron chi connectivity index (χ2n) is 4.97. The summed E-state index contributed by atoms with van der Waals surface area (Å²) >= 11 is 1.73. The average molecular weight is 285 g/mol. The standard InChI is InChI=1S/C17H16FNS/c1-11-7-12(9-13(18)8-11)17(19-2)15-10-20-16-6-4-3-5-14(15)16/h3-10,17,19H,1-2H3. The summed E-state index contributed by atoms with van der Waals surface area (Å²) in [7, 11) is 1.91. The molecule has 1 N–H and O–H groups in total. The van der Waals surface area contributed by atoms with E-state index in [1.807, 2.05) is 32.2 Å². The van der Waals surface area contributed by atoms with Gasteiger partial charge >= 0.3 is 0 Å². The molecule has 3 heteroatoms. The lowest BCUT2D eigenvalue weighted by Gasteiger charge is -2.17. The first-order valence-electron chi connectivity index (χ1n) is 6.59. The van der Waals surface area contributed by atoms with Gasteiger partial charge in [-0.25, -0.2) is 4.39 Å². The SMILES string of the molecule is CNC(c1cc(C)cc(F)c1)c1csc2ccccc12. The number of hydrogen-bond donors (Lipinski definition) is 1. The van der Waals surface area contributed by atoms with Crippen molar-refractivity contribution in [2.75, 3.05) is 7.05 Å². The van der Waals surface area contributed by atoms with E-state index in [0.717, 1.165) is 11.1 Å². The Kier molecular flexibility index (Phi) is 3.55. The van der Waals surface area contributed by atoms with Crippen molar-refractivity contribution >= 4 is 21.4 Å². The van der Waals surface area contributed by atoms with E-state index in [-0.39, 0.29) is 11.9 Å². The molecule has 0 radical (unpaired) electrons. The van der Waals surface area contributed by atoms with E-state index >= 15 is 0 Å². The van der Waals surface area contributed by atoms with E-state index in [9.17, 15) is 4.39 Å². The van der Waals surface area contributed by atoms with Crippen LogP contribution in [0.15, 0.2) is 47.8 Å². The van der Waals surface area contributed by atoms with Crippen molar-refractivity contribution in [3.05, 3.63) is 70.4 Å². The van der Waals surface area contributed by atoms with Crippen LogP contribution < -0.4 is 5.32 Å². The zero-order chi connectivity index (χ0) is 14.1. The van der Waals surface area contributed by atoms with Gasteiger partial charge in [0, 0.05) is 4.70 Å². The average Bonchev–Trinajstić information content (AvgIpc) is 2.83. The Bertz CT molecular complexity index is 727. The summed E-state index contributed by atoms with van der Waals surface area (Å²) in [6, 6.07) is 13.6. The van der Waals surface area contributed by atoms with Gasteiger partial charge in [0.2, 0.25) is 0 Å². The second-order valence-corrected chi connectivity index (χ2v) is 5.88. The number of aryl methyl sites for hydroxylation is 1. The monoisotopic (exact) mass is 285 g/mol. The first kappa shape index (κ1) is 13.3. The summed E-state index contributed by atoms with van der Waals surface area (Å²) in [4.78, 5) is 0. The minimum atomic E-state index is -0.181. The van der Waals surface area contributed by atoms with Crippen LogP contribution in [0, 0.1) is 12.7 Å². The van der Waals surface area contributed by atoms with Gasteiger partial charge in [-0.05, 0) is 59.6 Å². The predicted octanol–water partition coefficient (Wildman–Crippen LogP) is 4.66. The van der Waals surface area contributed by atoms with E-state index in [1.165, 1.54) is 15.6 Å². The van der Waals surface area contributed by atoms with E-state index in [4.69, 9.17) is 0 Å². The van der Waals surface area contributed by atoms with E-state index < -0.39 is 0 Å². The molecule has 0 amide bonds. The van der Waals surface area contributed by atoms with Crippen molar-refractivity contribution in [3.63, 3.8) is 0 Å². The predicted molar refractivity (Wildman–Crippen MR) is 83.9 cm³/mol. The number of nitrogens with one attached hydrogen (secondary N) is 1. The molecule has 3 rings (SSSR count). The Morgan fingerprint density at radius 2 is 1.95 bits per heavy atom. The molecule has 0 aliphatic heterocycles. The number of fused-ring (bicyclic) bond motifs is 1. The van der Waals surface area contributed by atoms with Crippen molar-refractivity contribution in [1.29, 1.82) is 0 Å². The summed E-state index contributed by atoms with van der Waals surface area (Å²) in [5.41, 5.74) is 3.12. The van der Waals surface area contributed by atoms with Crippen LogP contribution >= 0.6 is 11.3 Å². The summed E-state index contributed by atoms with van der Waals surface area (Å²) in [6.07, 6.45) is 0. The molecule has 2 aromatic carbocycles. The first-order chi connectivity index (χ1) is 9.69. The highest BCUT2D eigenvalue weighted by Gasteiger charge is 2.17. The second kappa shape index (κ2) is 5.35. The molecule has 0 aliphatic rings. The Balaban J connectivity index is 2.14. The van der Waals surface area contributed by atoms with E-state index in [0.29, 0.717) is 0 Å². The van der Waals surface area contributed by atoms with Crippen LogP contribution in [0.2, 0.25) is 0 Å². The molecule has 3 aromatic rings. The van der Waals surface area contributed by atoms with Crippen LogP contribution in [0.3, 0.4) is 0 Å². The maximum Gasteiger partial charge on any atom is 0.123 e. The van der Waals surface area contributed by atoms with Gasteiger partial charge in [0.15, 0.2) is 0 Å². The lowest BCUT2D eigenvalue weighted by atomic mass is 9.97. The molecule has 0 saturated carbocycles. The molecule has 1 unspecified atom stereocenters. The largest absolute Gasteiger partial charge is 0.309 e. The number of halogens is 1. The quantitative estimate of drug-likeness (QED) is 0.738. The smallest absolute Gasteiger partial charge is 0.123 e. The van der Waals surface area contributed by atoms with Crippen molar-refractivity contribution in [1.82, 2.24) is 5.32 Å². The lowest BCUT2D eigenvalue weighted by Crippen LogP contribution is -2.17. The number of benzene rings is 2. The number of thiophene rings is 1. The molecular formula is C17H16FNS. The third-order valence-electron chi connectivity index (χ3n) is 3.51. The van der Waals surface area contributed by atoms with Crippen LogP contribution in [-0.2, 0) is 0 Å². The molecule has 1 nitrogen and oxygen atoms in total. The Morgan fingerprint density at radius 3 is 2.70 bits per heavy atom. The third-order valence-corrected chi connectivity index (χ3v) is 4.49. The molecular weight excluding hydrogens is 269 g/mol. The van der Waals surface area contributed by atoms with Crippen LogP contribution in [0.1, 0.15) is 22.7 Å². The normalized spacial score (nSPS) is 12.8. The van der Waals surface area contributed by atoms with Crippen LogP contribution in [0.25, 0.3) is 10.1 Å². The van der Waals surface area contributed by atoms with E-state index in [1.54, 1.807) is 23.5 Å². The molecule has 20 heavy (non-hydrogen) atoms. The van der Waals surface area contributed by atoms with Gasteiger partial charge in [-0.1, -0.05) is 24.3 Å². The Hall–Kier alpha value is -1.71. The number of hydrogen-bond acceptors (Lipinski definition) is 2. The maximum atomic E-state index is 13.7. The van der Waals surface area contributed by atoms with Crippen molar-refractivity contribution in [3.8, 4) is 0 Å². The topological polar surface area (TPSA) is 12.0 Å². The minimum Gasteiger partial charge on any atom is -0.309 e. The van der Waals surface area contributed by atoms with Gasteiger partial charge in [-0.15, -0.1) is 11.3 Å². The molecule has 0 saturated heterocycles. The van der Waals surface area contributed by atoms with Crippen molar-refractivity contribution in [2.24, 2.45) is 0 Å². The lowest BCUT2D eigenvalue weighted by molar-refractivity contribution is 0.616. The fourth-order valence-corrected chi connectivity index (χ4v) is 3.64. The third kappa shape index (κ3) is 2.35. The maximum absolute atomic E-state index is 13.7. The van der Waals surface area contributed by atoms with E-state index in [2.05, 4.69) is 22.8 Å². The molecule has 1 atom stereocenters. The Morgan fingerprint density at radius 1 is 1.15 bits per heavy atom. The molecule has 1 aromatic heterocycles. The summed E-state index contributed by atoms with van der Waals surface area (Å²) in [5.74, 6) is -0.181. The molecule has 0 aliphatic carbocycles. The molecule has 0 fully saturated rings. The van der Waals surface area contributed by atoms with Gasteiger partial charge in [-0.3, -0.25) is 0 Å². The summed E-state index contributed by atoms with van der Waals surface area (Å²) in [6.45, 7) is 1.92. The number of rotatable bonds is 3. The molecule has 0 bridgehead atoms. The summed E-state index contributed by atoms with van der Waals surface area (Å²) in [5, 5.41) is 6.70. The van der Waals surface area contributed by atoms with Crippen LogP contribution in [-0.4, -0.2) is 7.05 Å². The highest BCUT2D eigenvalue weighted by atomic mass is 32.1. The van der Waals surface area contributed by atoms with Crippen LogP contribution in [0.5, 0.6) is 0 Å². The van der Waals surface area contributed by atoms with Gasteiger partial charge in [0.05, 0.1) is 6.04 Å². The zero-order valence-corrected chi connectivity index (χ0v) is 12.3. The van der Waals surface area contributed by atoms with Gasteiger partial charge in [0.1, 0.15) is 5.82 Å². The highest BCUT2D eigenvalue weighted by molar-refractivity contribution is 7.17. The molecule has 1 heterocycles. The van der Waals surface area contributed by atoms with Crippen molar-refractivity contribution in [2.45, 2.75) is 13.0 Å². The molecule has 102 valence electrons. The molecule has 0 spiro atoms. The zero-order valence-electron chi connectivity index (χ0n) is 11.5. The van der Waals surface area contributed by atoms with Crippen LogP contribution in [0.4, 0.5) is 4.39 Å². The summed E-state index contributed by atoms with van der Waals surface area (Å²) < 4.78 is 14.9. The van der Waals surface area contributed by atoms with Crippen molar-refractivity contribution < 1.29 is 4.39 Å². The Labute approximate surface area is 122 Å². The highest BCUT2D eigenvalue weighted by Crippen LogP contribution is 2.33. The van der Waals surface area contributed by atoms with Gasteiger partial charge in [-0.2, -0.15) is 0 Å². The minimum absolute atomic E-state index is 0.0144. The fourth-order valence-electron chi connectivity index (χ4n) is 2.65. The first-order valence-corrected chi connectivity index (χ1v) is 7.47. The van der Waals surface area contributed by atoms with Gasteiger partial charge in [0.25, 0.3) is 0 Å².